The molecule has 0 amide bonds. The molecule has 2 heteroatoms. The Bertz CT molecular complexity index is 841. The number of ether oxygens (including phenoxy) is 1. The number of hydrogen-bond acceptors (Lipinski definition) is 2. The van der Waals surface area contributed by atoms with E-state index in [-0.39, 0.29) is 17.6 Å². The van der Waals surface area contributed by atoms with E-state index in [1.807, 2.05) is 42.5 Å². The van der Waals surface area contributed by atoms with Gasteiger partial charge in [0, 0.05) is 17.4 Å². The number of carbonyl (C=O) groups excluding carboxylic acids is 1. The third-order valence-electron chi connectivity index (χ3n) is 4.97. The number of hydrogen-bond donors (Lipinski definition) is 0. The van der Waals surface area contributed by atoms with Crippen LogP contribution in [0, 0.1) is 11.8 Å². The van der Waals surface area contributed by atoms with Gasteiger partial charge >= 0.3 is 0 Å². The number of rotatable bonds is 7. The van der Waals surface area contributed by atoms with Crippen LogP contribution in [0.4, 0.5) is 0 Å². The fraction of sp³-hybridized carbons (Fsp3) is 0.304. The van der Waals surface area contributed by atoms with Crippen LogP contribution >= 0.6 is 0 Å². The first-order valence-electron chi connectivity index (χ1n) is 9.02. The predicted octanol–water partition coefficient (Wildman–Crippen LogP) is 5.05. The third kappa shape index (κ3) is 3.60. The normalized spacial score (nSPS) is 19.9. The molecule has 0 bridgehead atoms. The molecule has 0 N–H and O–H groups in total. The molecule has 2 nitrogen and oxygen atoms in total. The van der Waals surface area contributed by atoms with Crippen LogP contribution < -0.4 is 0 Å². The summed E-state index contributed by atoms with van der Waals surface area (Å²) in [5.74, 6) is 1.32. The van der Waals surface area contributed by atoms with Crippen molar-refractivity contribution < 1.29 is 9.53 Å². The predicted molar refractivity (Wildman–Crippen MR) is 98.6 cm³/mol. The molecule has 1 aromatic carbocycles. The van der Waals surface area contributed by atoms with Crippen molar-refractivity contribution in [1.82, 2.24) is 0 Å². The highest BCUT2D eigenvalue weighted by atomic mass is 16.5. The highest BCUT2D eigenvalue weighted by molar-refractivity contribution is 6.02. The van der Waals surface area contributed by atoms with Gasteiger partial charge in [0.25, 0.3) is 0 Å². The van der Waals surface area contributed by atoms with Gasteiger partial charge in [0.1, 0.15) is 17.9 Å². The SMILES string of the molecule is CC(C1=CC1)C1=C(OCc2ccccc2)C(C(=O)C2CC2)=C=CC=C1. The zero-order valence-electron chi connectivity index (χ0n) is 14.5. The summed E-state index contributed by atoms with van der Waals surface area (Å²) in [4.78, 5) is 12.8. The second-order valence-electron chi connectivity index (χ2n) is 6.95. The van der Waals surface area contributed by atoms with Crippen molar-refractivity contribution in [3.05, 3.63) is 88.4 Å². The fourth-order valence-electron chi connectivity index (χ4n) is 3.14. The van der Waals surface area contributed by atoms with E-state index in [9.17, 15) is 4.79 Å². The molecule has 1 unspecified atom stereocenters. The van der Waals surface area contributed by atoms with E-state index >= 15 is 0 Å². The Morgan fingerprint density at radius 3 is 2.72 bits per heavy atom. The Balaban J connectivity index is 1.68. The zero-order chi connectivity index (χ0) is 17.2. The van der Waals surface area contributed by atoms with Crippen LogP contribution in [-0.4, -0.2) is 5.78 Å². The standard InChI is InChI=1S/C23H22O2/c1-16(18-11-12-18)20-9-5-6-10-21(22(24)19-13-14-19)23(20)25-15-17-7-3-2-4-8-17/h2-9,11,16,19H,12-15H2,1H3. The van der Waals surface area contributed by atoms with Crippen molar-refractivity contribution in [3.8, 4) is 0 Å². The lowest BCUT2D eigenvalue weighted by atomic mass is 9.93. The highest BCUT2D eigenvalue weighted by Gasteiger charge is 2.35. The topological polar surface area (TPSA) is 26.3 Å². The fourth-order valence-corrected chi connectivity index (χ4v) is 3.14. The molecule has 0 heterocycles. The van der Waals surface area contributed by atoms with Crippen LogP contribution in [0.2, 0.25) is 0 Å². The van der Waals surface area contributed by atoms with Crippen LogP contribution in [0.5, 0.6) is 0 Å². The quantitative estimate of drug-likeness (QED) is 0.516. The Labute approximate surface area is 148 Å². The molecule has 0 aromatic heterocycles. The summed E-state index contributed by atoms with van der Waals surface area (Å²) in [5, 5.41) is 0. The van der Waals surface area contributed by atoms with Gasteiger partial charge in [0.05, 0.1) is 0 Å². The molecule has 0 radical (unpaired) electrons. The van der Waals surface area contributed by atoms with Gasteiger partial charge in [-0.05, 0) is 30.9 Å². The summed E-state index contributed by atoms with van der Waals surface area (Å²) in [6.07, 6.45) is 11.2. The average Bonchev–Trinajstić information content (AvgIpc) is 3.53. The van der Waals surface area contributed by atoms with E-state index in [4.69, 9.17) is 4.74 Å². The van der Waals surface area contributed by atoms with Crippen molar-refractivity contribution in [1.29, 1.82) is 0 Å². The smallest absolute Gasteiger partial charge is 0.177 e. The zero-order valence-corrected chi connectivity index (χ0v) is 14.5. The van der Waals surface area contributed by atoms with Crippen molar-refractivity contribution >= 4 is 5.78 Å². The summed E-state index contributed by atoms with van der Waals surface area (Å²) in [6.45, 7) is 2.65. The summed E-state index contributed by atoms with van der Waals surface area (Å²) in [5.41, 5.74) is 7.41. The molecular formula is C23H22O2. The largest absolute Gasteiger partial charge is 0.487 e. The van der Waals surface area contributed by atoms with Crippen molar-refractivity contribution in [2.75, 3.05) is 0 Å². The van der Waals surface area contributed by atoms with Gasteiger partial charge in [-0.1, -0.05) is 61.1 Å². The van der Waals surface area contributed by atoms with Crippen molar-refractivity contribution in [3.63, 3.8) is 0 Å². The van der Waals surface area contributed by atoms with Crippen LogP contribution in [0.25, 0.3) is 0 Å². The van der Waals surface area contributed by atoms with Crippen LogP contribution in [0.3, 0.4) is 0 Å². The van der Waals surface area contributed by atoms with Gasteiger partial charge in [0.15, 0.2) is 5.78 Å². The molecule has 3 aliphatic rings. The van der Waals surface area contributed by atoms with Crippen molar-refractivity contribution in [2.24, 2.45) is 11.8 Å². The van der Waals surface area contributed by atoms with Crippen LogP contribution in [0.15, 0.2) is 82.8 Å². The maximum atomic E-state index is 12.8. The summed E-state index contributed by atoms with van der Waals surface area (Å²) in [6, 6.07) is 10.1. The maximum absolute atomic E-state index is 12.8. The van der Waals surface area contributed by atoms with Gasteiger partial charge in [-0.25, -0.2) is 0 Å². The first-order chi connectivity index (χ1) is 12.2. The van der Waals surface area contributed by atoms with E-state index in [1.54, 1.807) is 0 Å². The van der Waals surface area contributed by atoms with Gasteiger partial charge < -0.3 is 4.74 Å². The first kappa shape index (κ1) is 15.9. The lowest BCUT2D eigenvalue weighted by Gasteiger charge is -2.19. The first-order valence-corrected chi connectivity index (χ1v) is 9.02. The molecule has 1 fully saturated rings. The van der Waals surface area contributed by atoms with Crippen LogP contribution in [0.1, 0.15) is 31.7 Å². The number of Topliss-reactive ketones (excluding diaryl/α,β-unsaturated/α-hetero) is 1. The van der Waals surface area contributed by atoms with E-state index in [0.717, 1.165) is 30.4 Å². The number of benzene rings is 1. The third-order valence-corrected chi connectivity index (χ3v) is 4.97. The molecule has 0 spiro atoms. The number of carbonyl (C=O) groups is 1. The van der Waals surface area contributed by atoms with E-state index in [0.29, 0.717) is 17.9 Å². The monoisotopic (exact) mass is 330 g/mol. The average molecular weight is 330 g/mol. The lowest BCUT2D eigenvalue weighted by Crippen LogP contribution is -2.13. The Morgan fingerprint density at radius 2 is 2.04 bits per heavy atom. The minimum atomic E-state index is 0.154. The van der Waals surface area contributed by atoms with E-state index < -0.39 is 0 Å². The minimum Gasteiger partial charge on any atom is -0.487 e. The minimum absolute atomic E-state index is 0.154. The molecule has 1 saturated carbocycles. The van der Waals surface area contributed by atoms with Crippen molar-refractivity contribution in [2.45, 2.75) is 32.8 Å². The summed E-state index contributed by atoms with van der Waals surface area (Å²) in [7, 11) is 0. The molecule has 1 aromatic rings. The Hall–Kier alpha value is -2.57. The molecule has 126 valence electrons. The number of allylic oxidation sites excluding steroid dienone is 6. The molecule has 4 rings (SSSR count). The highest BCUT2D eigenvalue weighted by Crippen LogP contribution is 2.40. The van der Waals surface area contributed by atoms with Gasteiger partial charge in [0.2, 0.25) is 0 Å². The summed E-state index contributed by atoms with van der Waals surface area (Å²) < 4.78 is 6.23. The Kier molecular flexibility index (Phi) is 4.29. The van der Waals surface area contributed by atoms with E-state index in [2.05, 4.69) is 24.8 Å². The van der Waals surface area contributed by atoms with Gasteiger partial charge in [-0.15, -0.1) is 5.73 Å². The molecule has 1 atom stereocenters. The van der Waals surface area contributed by atoms with Crippen LogP contribution in [-0.2, 0) is 16.1 Å². The number of ketones is 1. The molecule has 25 heavy (non-hydrogen) atoms. The second-order valence-corrected chi connectivity index (χ2v) is 6.95. The lowest BCUT2D eigenvalue weighted by molar-refractivity contribution is -0.116. The molecule has 0 saturated heterocycles. The molecule has 3 aliphatic carbocycles. The maximum Gasteiger partial charge on any atom is 0.177 e. The molecule has 0 aliphatic heterocycles. The molecular weight excluding hydrogens is 308 g/mol. The second kappa shape index (κ2) is 6.74. The Morgan fingerprint density at radius 1 is 1.28 bits per heavy atom. The van der Waals surface area contributed by atoms with Gasteiger partial charge in [-0.2, -0.15) is 0 Å². The van der Waals surface area contributed by atoms with E-state index in [1.165, 1.54) is 5.57 Å². The summed E-state index contributed by atoms with van der Waals surface area (Å²) >= 11 is 0. The van der Waals surface area contributed by atoms with Gasteiger partial charge in [-0.3, -0.25) is 4.79 Å².